The molecule has 0 saturated carbocycles. The fourth-order valence-corrected chi connectivity index (χ4v) is 2.03. The second-order valence-electron chi connectivity index (χ2n) is 3.58. The zero-order chi connectivity index (χ0) is 12.3. The molecule has 0 aliphatic rings. The van der Waals surface area contributed by atoms with Crippen molar-refractivity contribution in [1.29, 1.82) is 0 Å². The Bertz CT molecular complexity index is 523. The van der Waals surface area contributed by atoms with E-state index in [4.69, 9.17) is 23.2 Å². The SMILES string of the molecule is O=C(CCc1ncc[nH]1)c1ccc(Cl)cc1Cl. The smallest absolute Gasteiger partial charge is 0.164 e. The van der Waals surface area contributed by atoms with Gasteiger partial charge in [0.25, 0.3) is 0 Å². The molecule has 0 spiro atoms. The number of aromatic amines is 1. The van der Waals surface area contributed by atoms with E-state index >= 15 is 0 Å². The van der Waals surface area contributed by atoms with E-state index in [2.05, 4.69) is 9.97 Å². The number of carbonyl (C=O) groups is 1. The summed E-state index contributed by atoms with van der Waals surface area (Å²) in [5.74, 6) is 0.784. The zero-order valence-electron chi connectivity index (χ0n) is 8.91. The molecule has 0 aliphatic carbocycles. The molecule has 0 radical (unpaired) electrons. The van der Waals surface area contributed by atoms with E-state index in [0.29, 0.717) is 28.5 Å². The number of Topliss-reactive ketones (excluding diaryl/α,β-unsaturated/α-hetero) is 1. The van der Waals surface area contributed by atoms with Gasteiger partial charge in [-0.25, -0.2) is 4.98 Å². The summed E-state index contributed by atoms with van der Waals surface area (Å²) in [5.41, 5.74) is 0.502. The first-order valence-electron chi connectivity index (χ1n) is 5.13. The minimum absolute atomic E-state index is 0.0110. The molecular weight excluding hydrogens is 259 g/mol. The van der Waals surface area contributed by atoms with Crippen LogP contribution in [0.3, 0.4) is 0 Å². The van der Waals surface area contributed by atoms with Crippen molar-refractivity contribution in [3.8, 4) is 0 Å². The Morgan fingerprint density at radius 2 is 2.18 bits per heavy atom. The number of aromatic nitrogens is 2. The lowest BCUT2D eigenvalue weighted by molar-refractivity contribution is 0.0982. The van der Waals surface area contributed by atoms with Crippen molar-refractivity contribution < 1.29 is 4.79 Å². The van der Waals surface area contributed by atoms with Gasteiger partial charge in [-0.2, -0.15) is 0 Å². The van der Waals surface area contributed by atoms with Crippen LogP contribution in [0, 0.1) is 0 Å². The number of hydrogen-bond donors (Lipinski definition) is 1. The second kappa shape index (κ2) is 5.34. The molecule has 3 nitrogen and oxygen atoms in total. The Hall–Kier alpha value is -1.32. The predicted octanol–water partition coefficient (Wildman–Crippen LogP) is 3.53. The van der Waals surface area contributed by atoms with Gasteiger partial charge in [-0.05, 0) is 18.2 Å². The number of carbonyl (C=O) groups excluding carboxylic acids is 1. The Morgan fingerprint density at radius 1 is 1.35 bits per heavy atom. The molecule has 2 rings (SSSR count). The monoisotopic (exact) mass is 268 g/mol. The van der Waals surface area contributed by atoms with Gasteiger partial charge in [0.2, 0.25) is 0 Å². The summed E-state index contributed by atoms with van der Waals surface area (Å²) in [6.07, 6.45) is 4.34. The molecular formula is C12H10Cl2N2O. The highest BCUT2D eigenvalue weighted by Gasteiger charge is 2.11. The highest BCUT2D eigenvalue weighted by molar-refractivity contribution is 6.36. The molecule has 1 aromatic carbocycles. The minimum atomic E-state index is -0.0110. The topological polar surface area (TPSA) is 45.8 Å². The summed E-state index contributed by atoms with van der Waals surface area (Å²) >= 11 is 11.7. The van der Waals surface area contributed by atoms with Crippen molar-refractivity contribution in [2.24, 2.45) is 0 Å². The van der Waals surface area contributed by atoms with E-state index in [1.54, 1.807) is 30.6 Å². The number of aryl methyl sites for hydroxylation is 1. The Balaban J connectivity index is 2.04. The van der Waals surface area contributed by atoms with Gasteiger partial charge in [-0.3, -0.25) is 4.79 Å². The number of hydrogen-bond acceptors (Lipinski definition) is 2. The van der Waals surface area contributed by atoms with Crippen LogP contribution in [0.5, 0.6) is 0 Å². The van der Waals surface area contributed by atoms with Crippen molar-refractivity contribution in [2.75, 3.05) is 0 Å². The lowest BCUT2D eigenvalue weighted by Crippen LogP contribution is -2.02. The molecule has 0 fully saturated rings. The van der Waals surface area contributed by atoms with Gasteiger partial charge in [0.15, 0.2) is 5.78 Å². The highest BCUT2D eigenvalue weighted by Crippen LogP contribution is 2.22. The van der Waals surface area contributed by atoms with Crippen molar-refractivity contribution in [3.63, 3.8) is 0 Å². The maximum Gasteiger partial charge on any atom is 0.164 e. The third kappa shape index (κ3) is 3.08. The van der Waals surface area contributed by atoms with E-state index in [-0.39, 0.29) is 5.78 Å². The van der Waals surface area contributed by atoms with Crippen LogP contribution in [0.25, 0.3) is 0 Å². The number of halogens is 2. The molecule has 2 aromatic rings. The van der Waals surface area contributed by atoms with Crippen LogP contribution in [0.2, 0.25) is 10.0 Å². The number of benzene rings is 1. The van der Waals surface area contributed by atoms with Gasteiger partial charge >= 0.3 is 0 Å². The van der Waals surface area contributed by atoms with Gasteiger partial charge < -0.3 is 4.98 Å². The highest BCUT2D eigenvalue weighted by atomic mass is 35.5. The zero-order valence-corrected chi connectivity index (χ0v) is 10.4. The number of ketones is 1. The molecule has 0 saturated heterocycles. The third-order valence-corrected chi connectivity index (χ3v) is 2.92. The second-order valence-corrected chi connectivity index (χ2v) is 4.43. The molecule has 5 heteroatoms. The van der Waals surface area contributed by atoms with Crippen molar-refractivity contribution >= 4 is 29.0 Å². The molecule has 0 unspecified atom stereocenters. The van der Waals surface area contributed by atoms with Crippen LogP contribution in [0.4, 0.5) is 0 Å². The Morgan fingerprint density at radius 3 is 2.82 bits per heavy atom. The van der Waals surface area contributed by atoms with E-state index in [9.17, 15) is 4.79 Å². The van der Waals surface area contributed by atoms with Gasteiger partial charge in [-0.15, -0.1) is 0 Å². The molecule has 1 heterocycles. The predicted molar refractivity (Wildman–Crippen MR) is 67.7 cm³/mol. The van der Waals surface area contributed by atoms with Gasteiger partial charge in [0.1, 0.15) is 5.82 Å². The number of imidazole rings is 1. The number of nitrogens with zero attached hydrogens (tertiary/aromatic N) is 1. The van der Waals surface area contributed by atoms with Gasteiger partial charge in [0, 0.05) is 35.8 Å². The molecule has 0 atom stereocenters. The fourth-order valence-electron chi connectivity index (χ4n) is 1.52. The quantitative estimate of drug-likeness (QED) is 0.863. The Kier molecular flexibility index (Phi) is 3.82. The maximum absolute atomic E-state index is 11.9. The molecule has 1 aromatic heterocycles. The molecule has 88 valence electrons. The first kappa shape index (κ1) is 12.1. The van der Waals surface area contributed by atoms with Crippen LogP contribution in [0.1, 0.15) is 22.6 Å². The summed E-state index contributed by atoms with van der Waals surface area (Å²) in [5, 5.41) is 0.916. The largest absolute Gasteiger partial charge is 0.349 e. The van der Waals surface area contributed by atoms with Crippen LogP contribution < -0.4 is 0 Å². The molecule has 0 aliphatic heterocycles. The van der Waals surface area contributed by atoms with Gasteiger partial charge in [0.05, 0.1) is 5.02 Å². The lowest BCUT2D eigenvalue weighted by Gasteiger charge is -2.03. The summed E-state index contributed by atoms with van der Waals surface area (Å²) in [7, 11) is 0. The van der Waals surface area contributed by atoms with E-state index in [1.165, 1.54) is 0 Å². The third-order valence-electron chi connectivity index (χ3n) is 2.38. The maximum atomic E-state index is 11.9. The van der Waals surface area contributed by atoms with Crippen LogP contribution in [-0.2, 0) is 6.42 Å². The summed E-state index contributed by atoms with van der Waals surface area (Å²) < 4.78 is 0. The first-order chi connectivity index (χ1) is 8.16. The number of H-pyrrole nitrogens is 1. The van der Waals surface area contributed by atoms with Crippen molar-refractivity contribution in [3.05, 3.63) is 52.0 Å². The van der Waals surface area contributed by atoms with E-state index in [1.807, 2.05) is 0 Å². The minimum Gasteiger partial charge on any atom is -0.349 e. The average molecular weight is 269 g/mol. The summed E-state index contributed by atoms with van der Waals surface area (Å²) in [4.78, 5) is 18.9. The van der Waals surface area contributed by atoms with Crippen molar-refractivity contribution in [2.45, 2.75) is 12.8 Å². The molecule has 0 bridgehead atoms. The normalized spacial score (nSPS) is 10.5. The first-order valence-corrected chi connectivity index (χ1v) is 5.89. The lowest BCUT2D eigenvalue weighted by atomic mass is 10.1. The molecule has 1 N–H and O–H groups in total. The molecule has 17 heavy (non-hydrogen) atoms. The fraction of sp³-hybridized carbons (Fsp3) is 0.167. The number of rotatable bonds is 4. The summed E-state index contributed by atoms with van der Waals surface area (Å²) in [6.45, 7) is 0. The van der Waals surface area contributed by atoms with Gasteiger partial charge in [-0.1, -0.05) is 23.2 Å². The average Bonchev–Trinajstić information content (AvgIpc) is 2.78. The van der Waals surface area contributed by atoms with Crippen LogP contribution in [-0.4, -0.2) is 15.8 Å². The van der Waals surface area contributed by atoms with Crippen molar-refractivity contribution in [1.82, 2.24) is 9.97 Å². The van der Waals surface area contributed by atoms with Crippen LogP contribution in [0.15, 0.2) is 30.6 Å². The standard InChI is InChI=1S/C12H10Cl2N2O/c13-8-1-2-9(10(14)7-8)11(17)3-4-12-15-5-6-16-12/h1-2,5-7H,3-4H2,(H,15,16). The number of nitrogens with one attached hydrogen (secondary N) is 1. The molecule has 0 amide bonds. The Labute approximate surface area is 109 Å². The van der Waals surface area contributed by atoms with E-state index < -0.39 is 0 Å². The summed E-state index contributed by atoms with van der Waals surface area (Å²) in [6, 6.07) is 4.88. The van der Waals surface area contributed by atoms with E-state index in [0.717, 1.165) is 5.82 Å². The van der Waals surface area contributed by atoms with Crippen LogP contribution >= 0.6 is 23.2 Å².